The summed E-state index contributed by atoms with van der Waals surface area (Å²) in [7, 11) is 0. The predicted molar refractivity (Wildman–Crippen MR) is 74.8 cm³/mol. The molecule has 1 amide bonds. The standard InChI is InChI=1S/C15H27NO3/c1-3-4-5-8-11(2)16-14(17)12-9-6-7-10-13(12)15(18)19/h11-13H,3-10H2,1-2H3,(H,16,17)(H,18,19). The normalized spacial score (nSPS) is 24.7. The quantitative estimate of drug-likeness (QED) is 0.698. The summed E-state index contributed by atoms with van der Waals surface area (Å²) in [5, 5.41) is 12.2. The summed E-state index contributed by atoms with van der Waals surface area (Å²) in [5.74, 6) is -1.70. The zero-order chi connectivity index (χ0) is 14.3. The van der Waals surface area contributed by atoms with Gasteiger partial charge in [-0.25, -0.2) is 0 Å². The highest BCUT2D eigenvalue weighted by Gasteiger charge is 2.35. The molecule has 4 heteroatoms. The zero-order valence-electron chi connectivity index (χ0n) is 12.2. The molecule has 19 heavy (non-hydrogen) atoms. The lowest BCUT2D eigenvalue weighted by Crippen LogP contribution is -2.43. The van der Waals surface area contributed by atoms with Gasteiger partial charge in [0.1, 0.15) is 0 Å². The van der Waals surface area contributed by atoms with Crippen LogP contribution in [0.15, 0.2) is 0 Å². The number of unbranched alkanes of at least 4 members (excludes halogenated alkanes) is 2. The van der Waals surface area contributed by atoms with Crippen molar-refractivity contribution in [2.24, 2.45) is 11.8 Å². The molecule has 1 fully saturated rings. The van der Waals surface area contributed by atoms with E-state index in [2.05, 4.69) is 12.2 Å². The van der Waals surface area contributed by atoms with Crippen LogP contribution in [0.1, 0.15) is 65.2 Å². The summed E-state index contributed by atoms with van der Waals surface area (Å²) in [6.45, 7) is 4.16. The second kappa shape index (κ2) is 8.18. The van der Waals surface area contributed by atoms with E-state index in [9.17, 15) is 14.7 Å². The van der Waals surface area contributed by atoms with E-state index < -0.39 is 11.9 Å². The Balaban J connectivity index is 2.43. The van der Waals surface area contributed by atoms with Crippen molar-refractivity contribution in [2.45, 2.75) is 71.3 Å². The third kappa shape index (κ3) is 5.21. The Labute approximate surface area is 116 Å². The summed E-state index contributed by atoms with van der Waals surface area (Å²) in [6.07, 6.45) is 7.68. The minimum atomic E-state index is -0.821. The lowest BCUT2D eigenvalue weighted by Gasteiger charge is -2.28. The van der Waals surface area contributed by atoms with Crippen molar-refractivity contribution in [1.82, 2.24) is 5.32 Å². The molecule has 2 N–H and O–H groups in total. The fraction of sp³-hybridized carbons (Fsp3) is 0.867. The Bertz CT molecular complexity index is 304. The van der Waals surface area contributed by atoms with Gasteiger partial charge in [-0.15, -0.1) is 0 Å². The van der Waals surface area contributed by atoms with E-state index >= 15 is 0 Å². The maximum Gasteiger partial charge on any atom is 0.307 e. The van der Waals surface area contributed by atoms with Crippen LogP contribution >= 0.6 is 0 Å². The first kappa shape index (κ1) is 16.0. The van der Waals surface area contributed by atoms with Gasteiger partial charge in [-0.05, 0) is 26.2 Å². The minimum absolute atomic E-state index is 0.0592. The molecular formula is C15H27NO3. The van der Waals surface area contributed by atoms with Crippen LogP contribution in [0.25, 0.3) is 0 Å². The Morgan fingerprint density at radius 1 is 1.21 bits per heavy atom. The highest BCUT2D eigenvalue weighted by atomic mass is 16.4. The molecule has 0 bridgehead atoms. The summed E-state index contributed by atoms with van der Waals surface area (Å²) < 4.78 is 0. The molecule has 0 aliphatic heterocycles. The third-order valence-electron chi connectivity index (χ3n) is 4.05. The van der Waals surface area contributed by atoms with Gasteiger partial charge in [0.25, 0.3) is 0 Å². The second-order valence-electron chi connectivity index (χ2n) is 5.74. The second-order valence-corrected chi connectivity index (χ2v) is 5.74. The van der Waals surface area contributed by atoms with Gasteiger partial charge in [-0.2, -0.15) is 0 Å². The van der Waals surface area contributed by atoms with Crippen LogP contribution in [0.5, 0.6) is 0 Å². The molecule has 3 atom stereocenters. The van der Waals surface area contributed by atoms with Crippen LogP contribution in [0, 0.1) is 11.8 Å². The number of carboxylic acid groups (broad SMARTS) is 1. The van der Waals surface area contributed by atoms with Crippen LogP contribution in [0.2, 0.25) is 0 Å². The number of carbonyl (C=O) groups is 2. The van der Waals surface area contributed by atoms with Gasteiger partial charge in [0.15, 0.2) is 0 Å². The Morgan fingerprint density at radius 3 is 2.42 bits per heavy atom. The molecule has 0 saturated heterocycles. The van der Waals surface area contributed by atoms with E-state index in [0.29, 0.717) is 12.8 Å². The summed E-state index contributed by atoms with van der Waals surface area (Å²) >= 11 is 0. The Kier molecular flexibility index (Phi) is 6.89. The molecule has 1 aliphatic carbocycles. The smallest absolute Gasteiger partial charge is 0.307 e. The van der Waals surface area contributed by atoms with Crippen LogP contribution in [-0.4, -0.2) is 23.0 Å². The lowest BCUT2D eigenvalue weighted by atomic mass is 9.78. The number of aliphatic carboxylic acids is 1. The number of carbonyl (C=O) groups excluding carboxylic acids is 1. The van der Waals surface area contributed by atoms with E-state index in [1.807, 2.05) is 6.92 Å². The van der Waals surface area contributed by atoms with Crippen molar-refractivity contribution in [3.63, 3.8) is 0 Å². The van der Waals surface area contributed by atoms with E-state index in [0.717, 1.165) is 25.7 Å². The number of hydrogen-bond acceptors (Lipinski definition) is 2. The number of nitrogens with one attached hydrogen (secondary N) is 1. The average molecular weight is 269 g/mol. The molecule has 4 nitrogen and oxygen atoms in total. The van der Waals surface area contributed by atoms with Crippen molar-refractivity contribution in [1.29, 1.82) is 0 Å². The van der Waals surface area contributed by atoms with E-state index in [-0.39, 0.29) is 17.9 Å². The van der Waals surface area contributed by atoms with Crippen molar-refractivity contribution >= 4 is 11.9 Å². The average Bonchev–Trinajstić information content (AvgIpc) is 2.39. The van der Waals surface area contributed by atoms with E-state index in [1.165, 1.54) is 12.8 Å². The van der Waals surface area contributed by atoms with Gasteiger partial charge in [0, 0.05) is 6.04 Å². The van der Waals surface area contributed by atoms with Crippen LogP contribution < -0.4 is 5.32 Å². The summed E-state index contributed by atoms with van der Waals surface area (Å²) in [5.41, 5.74) is 0. The molecule has 0 heterocycles. The molecule has 3 unspecified atom stereocenters. The molecular weight excluding hydrogens is 242 g/mol. The molecule has 1 aliphatic rings. The molecule has 0 aromatic heterocycles. The van der Waals surface area contributed by atoms with Crippen LogP contribution in [0.3, 0.4) is 0 Å². The SMILES string of the molecule is CCCCCC(C)NC(=O)C1CCCCC1C(=O)O. The van der Waals surface area contributed by atoms with Crippen LogP contribution in [0.4, 0.5) is 0 Å². The van der Waals surface area contributed by atoms with Gasteiger partial charge in [0.05, 0.1) is 11.8 Å². The first-order valence-corrected chi connectivity index (χ1v) is 7.59. The van der Waals surface area contributed by atoms with Gasteiger partial charge in [-0.1, -0.05) is 39.0 Å². The number of amides is 1. The number of carboxylic acids is 1. The minimum Gasteiger partial charge on any atom is -0.481 e. The van der Waals surface area contributed by atoms with Crippen LogP contribution in [-0.2, 0) is 9.59 Å². The van der Waals surface area contributed by atoms with Crippen molar-refractivity contribution in [3.05, 3.63) is 0 Å². The van der Waals surface area contributed by atoms with Crippen molar-refractivity contribution < 1.29 is 14.7 Å². The molecule has 0 aromatic carbocycles. The van der Waals surface area contributed by atoms with Gasteiger partial charge in [0.2, 0.25) is 5.91 Å². The fourth-order valence-corrected chi connectivity index (χ4v) is 2.86. The van der Waals surface area contributed by atoms with Crippen molar-refractivity contribution in [2.75, 3.05) is 0 Å². The summed E-state index contributed by atoms with van der Waals surface area (Å²) in [4.78, 5) is 23.4. The maximum absolute atomic E-state index is 12.2. The molecule has 1 saturated carbocycles. The third-order valence-corrected chi connectivity index (χ3v) is 4.05. The Hall–Kier alpha value is -1.06. The predicted octanol–water partition coefficient (Wildman–Crippen LogP) is 2.96. The Morgan fingerprint density at radius 2 is 1.84 bits per heavy atom. The lowest BCUT2D eigenvalue weighted by molar-refractivity contribution is -0.149. The highest BCUT2D eigenvalue weighted by molar-refractivity contribution is 5.85. The largest absolute Gasteiger partial charge is 0.481 e. The molecule has 1 rings (SSSR count). The van der Waals surface area contributed by atoms with E-state index in [1.54, 1.807) is 0 Å². The molecule has 0 aromatic rings. The maximum atomic E-state index is 12.2. The van der Waals surface area contributed by atoms with Gasteiger partial charge < -0.3 is 10.4 Å². The first-order valence-electron chi connectivity index (χ1n) is 7.59. The zero-order valence-corrected chi connectivity index (χ0v) is 12.2. The topological polar surface area (TPSA) is 66.4 Å². The summed E-state index contributed by atoms with van der Waals surface area (Å²) in [6, 6.07) is 0.149. The number of hydrogen-bond donors (Lipinski definition) is 2. The molecule has 110 valence electrons. The molecule has 0 spiro atoms. The monoisotopic (exact) mass is 269 g/mol. The van der Waals surface area contributed by atoms with E-state index in [4.69, 9.17) is 0 Å². The first-order chi connectivity index (χ1) is 9.06. The van der Waals surface area contributed by atoms with Gasteiger partial charge >= 0.3 is 5.97 Å². The fourth-order valence-electron chi connectivity index (χ4n) is 2.86. The van der Waals surface area contributed by atoms with Gasteiger partial charge in [-0.3, -0.25) is 9.59 Å². The molecule has 0 radical (unpaired) electrons. The highest BCUT2D eigenvalue weighted by Crippen LogP contribution is 2.30. The number of rotatable bonds is 7. The van der Waals surface area contributed by atoms with Crippen molar-refractivity contribution in [3.8, 4) is 0 Å².